The van der Waals surface area contributed by atoms with E-state index in [0.717, 1.165) is 5.56 Å². The molecule has 0 aliphatic rings. The smallest absolute Gasteiger partial charge is 0.0779 e. The molecule has 0 aliphatic carbocycles. The second-order valence-electron chi connectivity index (χ2n) is 4.58. The molecule has 0 fully saturated rings. The van der Waals surface area contributed by atoms with Crippen LogP contribution in [0.4, 0.5) is 0 Å². The van der Waals surface area contributed by atoms with Crippen LogP contribution in [0.15, 0.2) is 18.2 Å². The van der Waals surface area contributed by atoms with Crippen LogP contribution in [0.3, 0.4) is 0 Å². The van der Waals surface area contributed by atoms with Gasteiger partial charge in [0, 0.05) is 22.7 Å². The van der Waals surface area contributed by atoms with E-state index in [2.05, 4.69) is 0 Å². The summed E-state index contributed by atoms with van der Waals surface area (Å²) in [4.78, 5) is 0. The third kappa shape index (κ3) is 4.14. The Morgan fingerprint density at radius 1 is 1.35 bits per heavy atom. The summed E-state index contributed by atoms with van der Waals surface area (Å²) < 4.78 is 5.63. The van der Waals surface area contributed by atoms with Crippen LogP contribution in [0.25, 0.3) is 0 Å². The van der Waals surface area contributed by atoms with Gasteiger partial charge in [-0.05, 0) is 51.0 Å². The van der Waals surface area contributed by atoms with Crippen molar-refractivity contribution in [2.75, 3.05) is 6.61 Å². The fourth-order valence-corrected chi connectivity index (χ4v) is 2.05. The van der Waals surface area contributed by atoms with Gasteiger partial charge in [-0.25, -0.2) is 0 Å². The molecule has 0 heterocycles. The number of halogens is 2. The third-order valence-electron chi connectivity index (χ3n) is 2.86. The van der Waals surface area contributed by atoms with E-state index in [1.165, 1.54) is 0 Å². The van der Waals surface area contributed by atoms with Crippen molar-refractivity contribution in [1.29, 1.82) is 0 Å². The van der Waals surface area contributed by atoms with E-state index in [1.807, 2.05) is 26.8 Å². The first-order chi connectivity index (χ1) is 7.86. The van der Waals surface area contributed by atoms with Gasteiger partial charge in [-0.3, -0.25) is 0 Å². The van der Waals surface area contributed by atoms with Crippen LogP contribution in [0.2, 0.25) is 10.0 Å². The van der Waals surface area contributed by atoms with Crippen molar-refractivity contribution in [3.8, 4) is 0 Å². The summed E-state index contributed by atoms with van der Waals surface area (Å²) in [5.74, 6) is 0. The summed E-state index contributed by atoms with van der Waals surface area (Å²) in [5, 5.41) is 1.36. The molecule has 0 spiro atoms. The molecule has 1 rings (SSSR count). The van der Waals surface area contributed by atoms with Crippen molar-refractivity contribution in [2.45, 2.75) is 38.8 Å². The Labute approximate surface area is 113 Å². The Hall–Kier alpha value is -0.280. The van der Waals surface area contributed by atoms with Gasteiger partial charge in [0.1, 0.15) is 0 Å². The summed E-state index contributed by atoms with van der Waals surface area (Å²) in [5.41, 5.74) is 6.75. The number of ether oxygens (including phenoxy) is 1. The Kier molecular flexibility index (Phi) is 5.26. The minimum Gasteiger partial charge on any atom is -0.374 e. The van der Waals surface area contributed by atoms with Crippen molar-refractivity contribution < 1.29 is 4.74 Å². The highest BCUT2D eigenvalue weighted by Gasteiger charge is 2.27. The maximum atomic E-state index is 6.16. The number of rotatable bonds is 5. The maximum Gasteiger partial charge on any atom is 0.0779 e. The molecule has 1 atom stereocenters. The zero-order valence-corrected chi connectivity index (χ0v) is 12.0. The van der Waals surface area contributed by atoms with Gasteiger partial charge in [-0.1, -0.05) is 23.2 Å². The normalized spacial score (nSPS) is 13.8. The van der Waals surface area contributed by atoms with Gasteiger partial charge in [0.2, 0.25) is 0 Å². The topological polar surface area (TPSA) is 35.2 Å². The first-order valence-electron chi connectivity index (χ1n) is 5.70. The molecule has 1 aromatic carbocycles. The molecule has 4 heteroatoms. The van der Waals surface area contributed by atoms with Crippen molar-refractivity contribution in [1.82, 2.24) is 0 Å². The van der Waals surface area contributed by atoms with Gasteiger partial charge in [-0.2, -0.15) is 0 Å². The number of hydrogen-bond acceptors (Lipinski definition) is 2. The molecular weight excluding hydrogens is 257 g/mol. The van der Waals surface area contributed by atoms with Gasteiger partial charge >= 0.3 is 0 Å². The lowest BCUT2D eigenvalue weighted by Crippen LogP contribution is -2.46. The van der Waals surface area contributed by atoms with E-state index in [-0.39, 0.29) is 11.6 Å². The molecule has 0 saturated carbocycles. The summed E-state index contributed by atoms with van der Waals surface area (Å²) in [6.45, 7) is 6.57. The Morgan fingerprint density at radius 3 is 2.59 bits per heavy atom. The van der Waals surface area contributed by atoms with Gasteiger partial charge in [0.05, 0.1) is 5.60 Å². The lowest BCUT2D eigenvalue weighted by Gasteiger charge is -2.31. The quantitative estimate of drug-likeness (QED) is 0.890. The fraction of sp³-hybridized carbons (Fsp3) is 0.538. The zero-order chi connectivity index (χ0) is 13.1. The minimum absolute atomic E-state index is 0.126. The van der Waals surface area contributed by atoms with Crippen LogP contribution in [-0.4, -0.2) is 18.2 Å². The van der Waals surface area contributed by atoms with E-state index in [1.54, 1.807) is 12.1 Å². The van der Waals surface area contributed by atoms with Crippen molar-refractivity contribution in [2.24, 2.45) is 5.73 Å². The number of benzene rings is 1. The Balaban J connectivity index is 2.80. The first-order valence-corrected chi connectivity index (χ1v) is 6.46. The van der Waals surface area contributed by atoms with Crippen LogP contribution in [-0.2, 0) is 11.2 Å². The molecule has 0 bridgehead atoms. The van der Waals surface area contributed by atoms with Gasteiger partial charge < -0.3 is 10.5 Å². The van der Waals surface area contributed by atoms with Crippen molar-refractivity contribution >= 4 is 23.2 Å². The molecule has 2 nitrogen and oxygen atoms in total. The largest absolute Gasteiger partial charge is 0.374 e. The van der Waals surface area contributed by atoms with Crippen LogP contribution in [0, 0.1) is 0 Å². The van der Waals surface area contributed by atoms with Crippen LogP contribution >= 0.6 is 23.2 Å². The predicted molar refractivity (Wildman–Crippen MR) is 73.8 cm³/mol. The lowest BCUT2D eigenvalue weighted by molar-refractivity contribution is -0.0288. The van der Waals surface area contributed by atoms with Gasteiger partial charge in [-0.15, -0.1) is 0 Å². The predicted octanol–water partition coefficient (Wildman–Crippen LogP) is 3.68. The molecule has 1 aromatic rings. The van der Waals surface area contributed by atoms with E-state index >= 15 is 0 Å². The Bertz CT molecular complexity index is 380. The highest BCUT2D eigenvalue weighted by Crippen LogP contribution is 2.24. The molecule has 0 aromatic heterocycles. The van der Waals surface area contributed by atoms with Gasteiger partial charge in [0.25, 0.3) is 0 Å². The highest BCUT2D eigenvalue weighted by atomic mass is 35.5. The average molecular weight is 276 g/mol. The summed E-state index contributed by atoms with van der Waals surface area (Å²) in [6.07, 6.45) is 0.645. The molecule has 0 amide bonds. The minimum atomic E-state index is -0.375. The monoisotopic (exact) mass is 275 g/mol. The zero-order valence-electron chi connectivity index (χ0n) is 10.5. The number of hydrogen-bond donors (Lipinski definition) is 1. The van der Waals surface area contributed by atoms with E-state index in [0.29, 0.717) is 23.1 Å². The molecule has 17 heavy (non-hydrogen) atoms. The van der Waals surface area contributed by atoms with E-state index in [9.17, 15) is 0 Å². The Morgan fingerprint density at radius 2 is 2.00 bits per heavy atom. The van der Waals surface area contributed by atoms with Crippen molar-refractivity contribution in [3.63, 3.8) is 0 Å². The van der Waals surface area contributed by atoms with Crippen LogP contribution in [0.5, 0.6) is 0 Å². The fourth-order valence-electron chi connectivity index (χ4n) is 1.66. The average Bonchev–Trinajstić information content (AvgIpc) is 2.23. The third-order valence-corrected chi connectivity index (χ3v) is 3.46. The second kappa shape index (κ2) is 6.05. The molecule has 2 N–H and O–H groups in total. The maximum absolute atomic E-state index is 6.16. The van der Waals surface area contributed by atoms with Gasteiger partial charge in [0.15, 0.2) is 0 Å². The van der Waals surface area contributed by atoms with Crippen LogP contribution in [0.1, 0.15) is 26.3 Å². The SMILES string of the molecule is CCOC(C)(C)C(N)Cc1cc(Cl)ccc1Cl. The van der Waals surface area contributed by atoms with E-state index in [4.69, 9.17) is 33.7 Å². The standard InChI is InChI=1S/C13H19Cl2NO/c1-4-17-13(2,3)12(16)8-9-7-10(14)5-6-11(9)15/h5-7,12H,4,8,16H2,1-3H3. The lowest BCUT2D eigenvalue weighted by atomic mass is 9.93. The molecular formula is C13H19Cl2NO. The summed E-state index contributed by atoms with van der Waals surface area (Å²) >= 11 is 12.1. The molecule has 96 valence electrons. The molecule has 0 radical (unpaired) electrons. The highest BCUT2D eigenvalue weighted by molar-refractivity contribution is 6.33. The first kappa shape index (κ1) is 14.8. The summed E-state index contributed by atoms with van der Waals surface area (Å²) in [6, 6.07) is 5.29. The number of nitrogens with two attached hydrogens (primary N) is 1. The second-order valence-corrected chi connectivity index (χ2v) is 5.43. The molecule has 0 saturated heterocycles. The molecule has 1 unspecified atom stereocenters. The van der Waals surface area contributed by atoms with Crippen LogP contribution < -0.4 is 5.73 Å². The molecule has 0 aliphatic heterocycles. The summed E-state index contributed by atoms with van der Waals surface area (Å²) in [7, 11) is 0. The van der Waals surface area contributed by atoms with Crippen molar-refractivity contribution in [3.05, 3.63) is 33.8 Å². The van der Waals surface area contributed by atoms with E-state index < -0.39 is 0 Å².